The number of likely N-dealkylation sites (tertiary alicyclic amines) is 1. The lowest BCUT2D eigenvalue weighted by atomic mass is 10.0. The lowest BCUT2D eigenvalue weighted by Gasteiger charge is -2.40. The van der Waals surface area contributed by atoms with Gasteiger partial charge >= 0.3 is 6.03 Å². The van der Waals surface area contributed by atoms with Crippen molar-refractivity contribution in [3.8, 4) is 17.6 Å². The van der Waals surface area contributed by atoms with Crippen LogP contribution in [0.1, 0.15) is 103 Å². The standard InChI is InChI=1S/C63H72FN13O10S2/c1-39(2)54(70-51(78)27-35-86-36-30-75-52(79)25-26-53(75)80)59(82)68-47(16-9-28-66-61(65)85)58(81)67-43-22-19-42(20-23-43)38-77(31-7-4-8-32-77)33-11-13-41-21-24-48(45(64)37-41)87-34-12-18-50-55(60(83)84)71-63(89-50)76-29-10-14-44-40(3)56(73-74-57(44)76)72-62-69-46-15-5-6-17-49(46)88-62/h5-6,15,17,19-26,37,39,47,54H,4,7-10,12,14,16,18,27-36,38H2,1-3H3,(H7-,65,66,67,68,69,70,72,73,78,81,82,83,84,85)/t47-,54-/m0/s1. The van der Waals surface area contributed by atoms with Crippen molar-refractivity contribution in [1.29, 1.82) is 0 Å². The number of fused-ring (bicyclic) bond motifs is 2. The van der Waals surface area contributed by atoms with Gasteiger partial charge in [0.25, 0.3) is 11.8 Å². The minimum Gasteiger partial charge on any atom is -0.543 e. The lowest BCUT2D eigenvalue weighted by Crippen LogP contribution is -2.54. The summed E-state index contributed by atoms with van der Waals surface area (Å²) in [5, 5.41) is 36.9. The van der Waals surface area contributed by atoms with Gasteiger partial charge < -0.3 is 61.1 Å². The number of carboxylic acid groups (broad SMARTS) is 1. The number of nitrogens with two attached hydrogens (primary N) is 1. The number of quaternary nitrogens is 1. The fraction of sp³-hybridized carbons (Fsp3) is 0.413. The molecule has 0 saturated carbocycles. The molecule has 3 aromatic carbocycles. The molecule has 26 heteroatoms. The number of benzene rings is 3. The van der Waals surface area contributed by atoms with Gasteiger partial charge in [0.05, 0.1) is 55.6 Å². The molecule has 3 aliphatic heterocycles. The molecule has 23 nitrogen and oxygen atoms in total. The number of carbonyl (C=O) groups excluding carboxylic acids is 7. The van der Waals surface area contributed by atoms with E-state index in [1.807, 2.05) is 48.2 Å². The maximum Gasteiger partial charge on any atom is 0.312 e. The first kappa shape index (κ1) is 64.6. The van der Waals surface area contributed by atoms with Gasteiger partial charge in [-0.1, -0.05) is 55.4 Å². The summed E-state index contributed by atoms with van der Waals surface area (Å²) in [7, 11) is 0. The summed E-state index contributed by atoms with van der Waals surface area (Å²) in [6.07, 6.45) is 8.10. The Hall–Kier alpha value is -8.90. The number of nitrogens with one attached hydrogen (secondary N) is 5. The molecule has 89 heavy (non-hydrogen) atoms. The van der Waals surface area contributed by atoms with Crippen LogP contribution < -0.4 is 47.1 Å². The molecule has 0 aliphatic carbocycles. The van der Waals surface area contributed by atoms with Gasteiger partial charge in [0.15, 0.2) is 33.5 Å². The minimum atomic E-state index is -1.39. The fourth-order valence-corrected chi connectivity index (χ4v) is 12.9. The number of halogens is 1. The highest BCUT2D eigenvalue weighted by Crippen LogP contribution is 2.39. The van der Waals surface area contributed by atoms with Gasteiger partial charge in [-0.3, -0.25) is 28.9 Å². The molecule has 6 aromatic rings. The van der Waals surface area contributed by atoms with E-state index in [0.717, 1.165) is 77.0 Å². The molecule has 468 valence electrons. The SMILES string of the molecule is Cc1c(Nc2nc3ccccc3s2)nnc2c1CCCN2c1nc(C(=O)[O-])c(CCCOc2ccc(C#CC[N+]3(Cc4ccc(NC(=O)[C@H](CCCNC(N)=O)NC(=O)[C@@H](NC(=O)CCOCCN5C(=O)C=CC5=O)C(C)C)cc4)CCCCC3)cc2F)s1. The van der Waals surface area contributed by atoms with Crippen LogP contribution in [0.2, 0.25) is 0 Å². The zero-order valence-corrected chi connectivity index (χ0v) is 51.5. The number of amides is 7. The third kappa shape index (κ3) is 17.3. The van der Waals surface area contributed by atoms with Crippen LogP contribution in [0, 0.1) is 30.5 Å². The van der Waals surface area contributed by atoms with Crippen LogP contribution in [-0.4, -0.2) is 142 Å². The molecular formula is C63H72FN13O10S2. The second-order valence-electron chi connectivity index (χ2n) is 22.5. The Morgan fingerprint density at radius 3 is 2.39 bits per heavy atom. The Bertz CT molecular complexity index is 3620. The van der Waals surface area contributed by atoms with Crippen LogP contribution >= 0.6 is 22.7 Å². The first-order valence-corrected chi connectivity index (χ1v) is 31.4. The average Bonchev–Trinajstić information content (AvgIpc) is 1.97. The molecular weight excluding hydrogens is 1180 g/mol. The molecule has 0 spiro atoms. The van der Waals surface area contributed by atoms with Crippen LogP contribution in [0.25, 0.3) is 10.2 Å². The number of anilines is 5. The monoisotopic (exact) mass is 1250 g/mol. The van der Waals surface area contributed by atoms with E-state index in [-0.39, 0.29) is 63.1 Å². The van der Waals surface area contributed by atoms with Crippen LogP contribution in [0.3, 0.4) is 0 Å². The Labute approximate surface area is 522 Å². The number of imide groups is 1. The van der Waals surface area contributed by atoms with E-state index in [2.05, 4.69) is 58.6 Å². The number of carbonyl (C=O) groups is 7. The van der Waals surface area contributed by atoms with Gasteiger partial charge in [-0.05, 0) is 119 Å². The molecule has 3 aliphatic rings. The summed E-state index contributed by atoms with van der Waals surface area (Å²) < 4.78 is 28.6. The van der Waals surface area contributed by atoms with Crippen molar-refractivity contribution in [1.82, 2.24) is 41.0 Å². The third-order valence-electron chi connectivity index (χ3n) is 15.6. The van der Waals surface area contributed by atoms with Crippen molar-refractivity contribution in [2.75, 3.05) is 74.6 Å². The van der Waals surface area contributed by atoms with Crippen molar-refractivity contribution >= 4 is 102 Å². The molecule has 0 unspecified atom stereocenters. The molecule has 3 aromatic heterocycles. The van der Waals surface area contributed by atoms with Crippen molar-refractivity contribution in [3.05, 3.63) is 118 Å². The average molecular weight is 1250 g/mol. The van der Waals surface area contributed by atoms with E-state index >= 15 is 4.39 Å². The summed E-state index contributed by atoms with van der Waals surface area (Å²) in [5.41, 5.74) is 9.93. The molecule has 0 radical (unpaired) electrons. The Balaban J connectivity index is 0.755. The Morgan fingerprint density at radius 1 is 0.888 bits per heavy atom. The quantitative estimate of drug-likeness (QED) is 0.0140. The van der Waals surface area contributed by atoms with Crippen molar-refractivity contribution < 1.29 is 57.0 Å². The topological polar surface area (TPSA) is 305 Å². The summed E-state index contributed by atoms with van der Waals surface area (Å²) in [5.74, 6) is 3.02. The number of rotatable bonds is 28. The highest BCUT2D eigenvalue weighted by atomic mass is 32.1. The number of carboxylic acids is 1. The highest BCUT2D eigenvalue weighted by molar-refractivity contribution is 7.22. The maximum absolute atomic E-state index is 15.6. The van der Waals surface area contributed by atoms with E-state index < -0.39 is 59.4 Å². The zero-order valence-electron chi connectivity index (χ0n) is 49.9. The van der Waals surface area contributed by atoms with Crippen LogP contribution in [0.5, 0.6) is 5.75 Å². The number of aromatic nitrogens is 4. The van der Waals surface area contributed by atoms with E-state index in [0.29, 0.717) is 81.4 Å². The number of hydrogen-bond donors (Lipinski definition) is 6. The number of primary amides is 1. The van der Waals surface area contributed by atoms with Gasteiger partial charge in [-0.25, -0.2) is 19.2 Å². The number of piperidine rings is 1. The number of hydrogen-bond acceptors (Lipinski definition) is 18. The number of thiazole rings is 2. The van der Waals surface area contributed by atoms with Gasteiger partial charge in [0, 0.05) is 64.5 Å². The number of ether oxygens (including phenoxy) is 2. The van der Waals surface area contributed by atoms with E-state index in [1.54, 1.807) is 38.1 Å². The number of aryl methyl sites for hydroxylation is 1. The number of nitrogens with zero attached hydrogens (tertiary/aromatic N) is 7. The van der Waals surface area contributed by atoms with Crippen molar-refractivity contribution in [2.45, 2.75) is 104 Å². The van der Waals surface area contributed by atoms with Crippen LogP contribution in [0.4, 0.5) is 36.8 Å². The maximum atomic E-state index is 15.6. The summed E-state index contributed by atoms with van der Waals surface area (Å²) >= 11 is 2.78. The minimum absolute atomic E-state index is 0.0217. The van der Waals surface area contributed by atoms with Gasteiger partial charge in [-0.15, -0.1) is 21.5 Å². The van der Waals surface area contributed by atoms with Gasteiger partial charge in [0.2, 0.25) is 17.7 Å². The second-order valence-corrected chi connectivity index (χ2v) is 24.5. The van der Waals surface area contributed by atoms with E-state index in [1.165, 1.54) is 40.9 Å². The third-order valence-corrected chi connectivity index (χ3v) is 17.7. The molecule has 6 heterocycles. The lowest BCUT2D eigenvalue weighted by molar-refractivity contribution is -0.938. The molecule has 7 amide bonds. The Morgan fingerprint density at radius 2 is 1.66 bits per heavy atom. The van der Waals surface area contributed by atoms with Crippen LogP contribution in [-0.2, 0) is 48.1 Å². The number of urea groups is 1. The molecule has 9 rings (SSSR count). The van der Waals surface area contributed by atoms with E-state index in [4.69, 9.17) is 15.2 Å². The smallest absolute Gasteiger partial charge is 0.312 e. The number of para-hydroxylation sites is 1. The molecule has 1 fully saturated rings. The molecule has 0 bridgehead atoms. The van der Waals surface area contributed by atoms with E-state index in [9.17, 15) is 38.7 Å². The first-order chi connectivity index (χ1) is 42.9. The molecule has 7 N–H and O–H groups in total. The largest absolute Gasteiger partial charge is 0.543 e. The van der Waals surface area contributed by atoms with Gasteiger partial charge in [0.1, 0.15) is 30.9 Å². The fourth-order valence-electron chi connectivity index (χ4n) is 10.9. The predicted octanol–water partition coefficient (Wildman–Crippen LogP) is 6.09. The molecule has 2 atom stereocenters. The predicted molar refractivity (Wildman–Crippen MR) is 333 cm³/mol. The number of aromatic carboxylic acids is 1. The summed E-state index contributed by atoms with van der Waals surface area (Å²) in [4.78, 5) is 100. The Kier molecular flexibility index (Phi) is 22.0. The van der Waals surface area contributed by atoms with Crippen molar-refractivity contribution in [3.63, 3.8) is 0 Å². The highest BCUT2D eigenvalue weighted by Gasteiger charge is 2.32. The summed E-state index contributed by atoms with van der Waals surface area (Å²) in [6.45, 7) is 9.38. The van der Waals surface area contributed by atoms with Gasteiger partial charge in [-0.2, -0.15) is 0 Å². The van der Waals surface area contributed by atoms with Crippen molar-refractivity contribution in [2.24, 2.45) is 11.7 Å². The second kappa shape index (κ2) is 30.3. The first-order valence-electron chi connectivity index (χ1n) is 29.8. The normalized spacial score (nSPS) is 15.0. The summed E-state index contributed by atoms with van der Waals surface area (Å²) in [6, 6.07) is 17.2. The molecule has 1 saturated heterocycles. The van der Waals surface area contributed by atoms with Crippen LogP contribution in [0.15, 0.2) is 78.9 Å². The zero-order chi connectivity index (χ0) is 63.0.